The summed E-state index contributed by atoms with van der Waals surface area (Å²) in [5.74, 6) is 0.931. The summed E-state index contributed by atoms with van der Waals surface area (Å²) < 4.78 is 5.83. The number of hydrogen-bond acceptors (Lipinski definition) is 5. The number of anilines is 1. The second-order valence-electron chi connectivity index (χ2n) is 6.63. The fourth-order valence-corrected chi connectivity index (χ4v) is 4.07. The molecule has 1 N–H and O–H groups in total. The third-order valence-electron chi connectivity index (χ3n) is 5.56. The molecule has 5 heteroatoms. The van der Waals surface area contributed by atoms with Crippen molar-refractivity contribution in [3.05, 3.63) is 30.5 Å². The first-order valence-corrected chi connectivity index (χ1v) is 8.49. The number of piperidine rings is 1. The maximum Gasteiger partial charge on any atom is 0.147 e. The number of benzene rings is 1. The molecule has 1 aromatic carbocycles. The van der Waals surface area contributed by atoms with Crippen LogP contribution in [-0.2, 0) is 4.74 Å². The summed E-state index contributed by atoms with van der Waals surface area (Å²) in [6, 6.07) is 7.95. The smallest absolute Gasteiger partial charge is 0.147 e. The van der Waals surface area contributed by atoms with Gasteiger partial charge in [0.2, 0.25) is 0 Å². The SMILES string of the molecule is CCOC1CC(O)C12CCN(c1cnc3ccccc3n1)CC2. The number of aromatic nitrogens is 2. The number of nitrogens with zero attached hydrogens (tertiary/aromatic N) is 3. The van der Waals surface area contributed by atoms with Crippen LogP contribution in [0.4, 0.5) is 5.82 Å². The number of aliphatic hydroxyl groups excluding tert-OH is 1. The van der Waals surface area contributed by atoms with Crippen LogP contribution < -0.4 is 4.90 Å². The van der Waals surface area contributed by atoms with Crippen LogP contribution >= 0.6 is 0 Å². The van der Waals surface area contributed by atoms with E-state index in [9.17, 15) is 5.11 Å². The second-order valence-corrected chi connectivity index (χ2v) is 6.63. The summed E-state index contributed by atoms with van der Waals surface area (Å²) in [4.78, 5) is 11.5. The van der Waals surface area contributed by atoms with Crippen molar-refractivity contribution < 1.29 is 9.84 Å². The van der Waals surface area contributed by atoms with Crippen molar-refractivity contribution in [3.8, 4) is 0 Å². The quantitative estimate of drug-likeness (QED) is 0.943. The summed E-state index contributed by atoms with van der Waals surface area (Å²) in [5.41, 5.74) is 1.81. The zero-order valence-electron chi connectivity index (χ0n) is 13.5. The van der Waals surface area contributed by atoms with E-state index in [0.717, 1.165) is 55.8 Å². The van der Waals surface area contributed by atoms with E-state index in [1.54, 1.807) is 0 Å². The van der Waals surface area contributed by atoms with Crippen molar-refractivity contribution >= 4 is 16.9 Å². The molecule has 1 spiro atoms. The van der Waals surface area contributed by atoms with Crippen LogP contribution in [0.25, 0.3) is 11.0 Å². The molecular weight excluding hydrogens is 290 g/mol. The molecular formula is C18H23N3O2. The number of hydrogen-bond donors (Lipinski definition) is 1. The van der Waals surface area contributed by atoms with E-state index in [1.807, 2.05) is 37.4 Å². The zero-order valence-corrected chi connectivity index (χ0v) is 13.5. The number of fused-ring (bicyclic) bond motifs is 1. The molecule has 2 aliphatic rings. The maximum absolute atomic E-state index is 10.3. The fourth-order valence-electron chi connectivity index (χ4n) is 4.07. The van der Waals surface area contributed by atoms with E-state index in [4.69, 9.17) is 9.72 Å². The number of aliphatic hydroxyl groups is 1. The molecule has 4 rings (SSSR count). The van der Waals surface area contributed by atoms with Crippen LogP contribution in [0.15, 0.2) is 30.5 Å². The minimum Gasteiger partial charge on any atom is -0.392 e. The van der Waals surface area contributed by atoms with Gasteiger partial charge >= 0.3 is 0 Å². The first-order valence-electron chi connectivity index (χ1n) is 8.49. The monoisotopic (exact) mass is 313 g/mol. The molecule has 122 valence electrons. The van der Waals surface area contributed by atoms with Gasteiger partial charge in [0, 0.05) is 31.5 Å². The molecule has 2 aromatic rings. The standard InChI is InChI=1S/C18H23N3O2/c1-2-23-16-11-15(22)18(16)7-9-21(10-8-18)17-12-19-13-5-3-4-6-14(13)20-17/h3-6,12,15-16,22H,2,7-11H2,1H3. The minimum absolute atomic E-state index is 0.0449. The van der Waals surface area contributed by atoms with E-state index >= 15 is 0 Å². The van der Waals surface area contributed by atoms with Crippen LogP contribution in [0, 0.1) is 5.41 Å². The number of rotatable bonds is 3. The lowest BCUT2D eigenvalue weighted by Gasteiger charge is -2.56. The number of para-hydroxylation sites is 2. The molecule has 0 bridgehead atoms. The van der Waals surface area contributed by atoms with Gasteiger partial charge in [-0.05, 0) is 31.9 Å². The van der Waals surface area contributed by atoms with E-state index in [1.165, 1.54) is 0 Å². The molecule has 0 radical (unpaired) electrons. The first-order chi connectivity index (χ1) is 11.2. The predicted octanol–water partition coefficient (Wildman–Crippen LogP) is 2.39. The lowest BCUT2D eigenvalue weighted by molar-refractivity contribution is -0.199. The van der Waals surface area contributed by atoms with Crippen LogP contribution in [0.5, 0.6) is 0 Å². The van der Waals surface area contributed by atoms with E-state index in [2.05, 4.69) is 9.88 Å². The maximum atomic E-state index is 10.3. The first kappa shape index (κ1) is 14.8. The average molecular weight is 313 g/mol. The highest BCUT2D eigenvalue weighted by molar-refractivity contribution is 5.75. The Morgan fingerprint density at radius 2 is 2.00 bits per heavy atom. The molecule has 1 aliphatic carbocycles. The highest BCUT2D eigenvalue weighted by Crippen LogP contribution is 2.51. The molecule has 23 heavy (non-hydrogen) atoms. The topological polar surface area (TPSA) is 58.5 Å². The van der Waals surface area contributed by atoms with E-state index in [-0.39, 0.29) is 17.6 Å². The second kappa shape index (κ2) is 5.73. The molecule has 5 nitrogen and oxygen atoms in total. The summed E-state index contributed by atoms with van der Waals surface area (Å²) >= 11 is 0. The van der Waals surface area contributed by atoms with Gasteiger partial charge in [0.05, 0.1) is 29.4 Å². The third-order valence-corrected chi connectivity index (χ3v) is 5.56. The molecule has 2 heterocycles. The Bertz CT molecular complexity index is 695. The van der Waals surface area contributed by atoms with Crippen LogP contribution in [0.1, 0.15) is 26.2 Å². The summed E-state index contributed by atoms with van der Waals surface area (Å²) in [7, 11) is 0. The largest absolute Gasteiger partial charge is 0.392 e. The van der Waals surface area contributed by atoms with Gasteiger partial charge in [-0.1, -0.05) is 12.1 Å². The van der Waals surface area contributed by atoms with Crippen LogP contribution in [0.3, 0.4) is 0 Å². The normalized spacial score (nSPS) is 26.4. The fraction of sp³-hybridized carbons (Fsp3) is 0.556. The molecule has 2 fully saturated rings. The van der Waals surface area contributed by atoms with Gasteiger partial charge in [-0.25, -0.2) is 4.98 Å². The Hall–Kier alpha value is -1.72. The van der Waals surface area contributed by atoms with E-state index < -0.39 is 0 Å². The third kappa shape index (κ3) is 2.39. The van der Waals surface area contributed by atoms with Crippen LogP contribution in [0.2, 0.25) is 0 Å². The highest BCUT2D eigenvalue weighted by atomic mass is 16.5. The summed E-state index contributed by atoms with van der Waals surface area (Å²) in [6.45, 7) is 4.54. The Morgan fingerprint density at radius 1 is 1.26 bits per heavy atom. The Kier molecular flexibility index (Phi) is 3.70. The van der Waals surface area contributed by atoms with Gasteiger partial charge in [0.25, 0.3) is 0 Å². The van der Waals surface area contributed by atoms with Gasteiger partial charge in [0.1, 0.15) is 5.82 Å². The minimum atomic E-state index is -0.219. The number of ether oxygens (including phenoxy) is 1. The van der Waals surface area contributed by atoms with Crippen molar-refractivity contribution in [3.63, 3.8) is 0 Å². The zero-order chi connectivity index (χ0) is 15.9. The van der Waals surface area contributed by atoms with Gasteiger partial charge in [-0.3, -0.25) is 4.98 Å². The van der Waals surface area contributed by atoms with Gasteiger partial charge in [-0.15, -0.1) is 0 Å². The molecule has 1 aromatic heterocycles. The molecule has 1 saturated carbocycles. The van der Waals surface area contributed by atoms with E-state index in [0.29, 0.717) is 0 Å². The summed E-state index contributed by atoms with van der Waals surface area (Å²) in [5, 5.41) is 10.3. The van der Waals surface area contributed by atoms with Gasteiger partial charge in [0.15, 0.2) is 0 Å². The molecule has 2 atom stereocenters. The average Bonchev–Trinajstić information content (AvgIpc) is 2.61. The summed E-state index contributed by atoms with van der Waals surface area (Å²) in [6.07, 6.45) is 4.54. The Balaban J connectivity index is 1.50. The van der Waals surface area contributed by atoms with Crippen molar-refractivity contribution in [1.82, 2.24) is 9.97 Å². The lowest BCUT2D eigenvalue weighted by atomic mass is 9.58. The molecule has 2 unspecified atom stereocenters. The lowest BCUT2D eigenvalue weighted by Crippen LogP contribution is -2.62. The Labute approximate surface area is 136 Å². The molecule has 1 saturated heterocycles. The molecule has 0 amide bonds. The highest BCUT2D eigenvalue weighted by Gasteiger charge is 2.56. The van der Waals surface area contributed by atoms with Crippen molar-refractivity contribution in [2.45, 2.75) is 38.4 Å². The predicted molar refractivity (Wildman–Crippen MR) is 89.5 cm³/mol. The van der Waals surface area contributed by atoms with Crippen molar-refractivity contribution in [2.24, 2.45) is 5.41 Å². The van der Waals surface area contributed by atoms with Crippen molar-refractivity contribution in [1.29, 1.82) is 0 Å². The van der Waals surface area contributed by atoms with Gasteiger partial charge < -0.3 is 14.7 Å². The Morgan fingerprint density at radius 3 is 2.70 bits per heavy atom. The molecule has 1 aliphatic heterocycles. The van der Waals surface area contributed by atoms with Crippen LogP contribution in [-0.4, -0.2) is 47.0 Å². The van der Waals surface area contributed by atoms with Gasteiger partial charge in [-0.2, -0.15) is 0 Å². The van der Waals surface area contributed by atoms with Crippen molar-refractivity contribution in [2.75, 3.05) is 24.6 Å².